The molecule has 0 amide bonds. The van der Waals surface area contributed by atoms with Crippen LogP contribution in [0.1, 0.15) is 4.88 Å². The molecule has 1 aromatic carbocycles. The molecule has 15 heavy (non-hydrogen) atoms. The lowest BCUT2D eigenvalue weighted by molar-refractivity contribution is 0.310. The van der Waals surface area contributed by atoms with Crippen molar-refractivity contribution in [3.63, 3.8) is 0 Å². The third-order valence-electron chi connectivity index (χ3n) is 1.77. The van der Waals surface area contributed by atoms with E-state index in [1.54, 1.807) is 0 Å². The van der Waals surface area contributed by atoms with E-state index >= 15 is 0 Å². The van der Waals surface area contributed by atoms with Crippen LogP contribution in [0.2, 0.25) is 0 Å². The Bertz CT molecular complexity index is 443. The summed E-state index contributed by atoms with van der Waals surface area (Å²) in [7, 11) is 0. The molecule has 2 rings (SSSR count). The van der Waals surface area contributed by atoms with Gasteiger partial charge in [0.1, 0.15) is 17.2 Å². The number of nitrogens with zero attached hydrogens (tertiary/aromatic N) is 2. The fraction of sp³-hybridized carbons (Fsp3) is 0.111. The van der Waals surface area contributed by atoms with Crippen LogP contribution in [-0.4, -0.2) is 9.59 Å². The number of benzene rings is 1. The van der Waals surface area contributed by atoms with Crippen LogP contribution in [-0.2, 0) is 6.61 Å². The molecule has 0 saturated carbocycles. The predicted molar refractivity (Wildman–Crippen MR) is 62.8 cm³/mol. The SMILES string of the molecule is Nc1nnsc1COc1ccc(Br)cc1. The minimum atomic E-state index is 0.408. The van der Waals surface area contributed by atoms with Gasteiger partial charge in [-0.3, -0.25) is 0 Å². The van der Waals surface area contributed by atoms with Crippen molar-refractivity contribution in [2.45, 2.75) is 6.61 Å². The average molecular weight is 286 g/mol. The summed E-state index contributed by atoms with van der Waals surface area (Å²) in [5.74, 6) is 1.24. The summed E-state index contributed by atoms with van der Waals surface area (Å²) in [4.78, 5) is 0.845. The topological polar surface area (TPSA) is 61.0 Å². The Hall–Kier alpha value is -1.14. The molecule has 0 saturated heterocycles. The molecule has 0 aliphatic heterocycles. The van der Waals surface area contributed by atoms with E-state index in [0.717, 1.165) is 15.1 Å². The van der Waals surface area contributed by atoms with E-state index in [-0.39, 0.29) is 0 Å². The maximum Gasteiger partial charge on any atom is 0.165 e. The highest BCUT2D eigenvalue weighted by Crippen LogP contribution is 2.19. The number of rotatable bonds is 3. The minimum Gasteiger partial charge on any atom is -0.488 e. The first-order chi connectivity index (χ1) is 7.25. The summed E-state index contributed by atoms with van der Waals surface area (Å²) >= 11 is 4.60. The van der Waals surface area contributed by atoms with Crippen molar-refractivity contribution in [3.05, 3.63) is 33.6 Å². The van der Waals surface area contributed by atoms with E-state index < -0.39 is 0 Å². The normalized spacial score (nSPS) is 10.2. The monoisotopic (exact) mass is 285 g/mol. The van der Waals surface area contributed by atoms with Crippen LogP contribution in [0, 0.1) is 0 Å². The van der Waals surface area contributed by atoms with E-state index in [0.29, 0.717) is 12.4 Å². The maximum absolute atomic E-state index is 5.58. The molecule has 1 heterocycles. The Morgan fingerprint density at radius 2 is 2.07 bits per heavy atom. The lowest BCUT2D eigenvalue weighted by Gasteiger charge is -2.03. The van der Waals surface area contributed by atoms with Crippen LogP contribution >= 0.6 is 27.5 Å². The van der Waals surface area contributed by atoms with Crippen LogP contribution in [0.4, 0.5) is 5.82 Å². The standard InChI is InChI=1S/C9H8BrN3OS/c10-6-1-3-7(4-2-6)14-5-8-9(11)12-13-15-8/h1-4H,5,11H2. The smallest absolute Gasteiger partial charge is 0.165 e. The van der Waals surface area contributed by atoms with Crippen LogP contribution in [0.5, 0.6) is 5.75 Å². The van der Waals surface area contributed by atoms with Gasteiger partial charge in [-0.2, -0.15) is 0 Å². The molecule has 0 spiro atoms. The van der Waals surface area contributed by atoms with Gasteiger partial charge in [0.25, 0.3) is 0 Å². The van der Waals surface area contributed by atoms with Gasteiger partial charge in [0.15, 0.2) is 5.82 Å². The largest absolute Gasteiger partial charge is 0.488 e. The van der Waals surface area contributed by atoms with Gasteiger partial charge in [-0.15, -0.1) is 5.10 Å². The number of anilines is 1. The van der Waals surface area contributed by atoms with Gasteiger partial charge < -0.3 is 10.5 Å². The number of aromatic nitrogens is 2. The molecule has 0 bridgehead atoms. The van der Waals surface area contributed by atoms with Gasteiger partial charge in [-0.1, -0.05) is 20.4 Å². The first-order valence-corrected chi connectivity index (χ1v) is 5.77. The molecule has 0 atom stereocenters. The van der Waals surface area contributed by atoms with Crippen molar-refractivity contribution in [1.29, 1.82) is 0 Å². The van der Waals surface area contributed by atoms with Gasteiger partial charge in [-0.25, -0.2) is 0 Å². The summed E-state index contributed by atoms with van der Waals surface area (Å²) in [5.41, 5.74) is 5.58. The third-order valence-corrected chi connectivity index (χ3v) is 3.01. The first kappa shape index (κ1) is 10.4. The maximum atomic E-state index is 5.58. The van der Waals surface area contributed by atoms with E-state index in [1.165, 1.54) is 11.5 Å². The second kappa shape index (κ2) is 4.59. The second-order valence-corrected chi connectivity index (χ2v) is 4.58. The fourth-order valence-corrected chi connectivity index (χ4v) is 1.73. The molecule has 78 valence electrons. The molecular weight excluding hydrogens is 278 g/mol. The van der Waals surface area contributed by atoms with E-state index in [1.807, 2.05) is 24.3 Å². The Labute approximate surface area is 99.4 Å². The highest BCUT2D eigenvalue weighted by atomic mass is 79.9. The molecular formula is C9H8BrN3OS. The average Bonchev–Trinajstić information content (AvgIpc) is 2.63. The fourth-order valence-electron chi connectivity index (χ4n) is 0.996. The first-order valence-electron chi connectivity index (χ1n) is 4.21. The van der Waals surface area contributed by atoms with E-state index in [4.69, 9.17) is 10.5 Å². The van der Waals surface area contributed by atoms with Gasteiger partial charge in [0, 0.05) is 4.47 Å². The number of hydrogen-bond acceptors (Lipinski definition) is 5. The number of nitrogen functional groups attached to an aromatic ring is 1. The number of halogens is 1. The predicted octanol–water partition coefficient (Wildman–Crippen LogP) is 2.46. The molecule has 2 N–H and O–H groups in total. The molecule has 0 radical (unpaired) electrons. The van der Waals surface area contributed by atoms with Crippen molar-refractivity contribution in [1.82, 2.24) is 9.59 Å². The van der Waals surface area contributed by atoms with Crippen molar-refractivity contribution in [3.8, 4) is 5.75 Å². The molecule has 0 aliphatic rings. The van der Waals surface area contributed by atoms with Crippen LogP contribution in [0.3, 0.4) is 0 Å². The molecule has 0 fully saturated rings. The highest BCUT2D eigenvalue weighted by molar-refractivity contribution is 9.10. The van der Waals surface area contributed by atoms with Gasteiger partial charge in [0.2, 0.25) is 0 Å². The van der Waals surface area contributed by atoms with Gasteiger partial charge in [0.05, 0.1) is 0 Å². The highest BCUT2D eigenvalue weighted by Gasteiger charge is 2.04. The lowest BCUT2D eigenvalue weighted by atomic mass is 10.3. The van der Waals surface area contributed by atoms with Crippen molar-refractivity contribution < 1.29 is 4.74 Å². The van der Waals surface area contributed by atoms with Gasteiger partial charge >= 0.3 is 0 Å². The quantitative estimate of drug-likeness (QED) is 0.941. The summed E-state index contributed by atoms with van der Waals surface area (Å²) in [5, 5.41) is 3.70. The van der Waals surface area contributed by atoms with Crippen LogP contribution < -0.4 is 10.5 Å². The van der Waals surface area contributed by atoms with Crippen LogP contribution in [0.25, 0.3) is 0 Å². The summed E-state index contributed by atoms with van der Waals surface area (Å²) in [6.07, 6.45) is 0. The molecule has 0 aliphatic carbocycles. The minimum absolute atomic E-state index is 0.408. The zero-order valence-electron chi connectivity index (χ0n) is 7.68. The van der Waals surface area contributed by atoms with Gasteiger partial charge in [-0.05, 0) is 35.8 Å². The van der Waals surface area contributed by atoms with E-state index in [9.17, 15) is 0 Å². The number of nitrogens with two attached hydrogens (primary N) is 1. The molecule has 6 heteroatoms. The molecule has 1 aromatic heterocycles. The zero-order chi connectivity index (χ0) is 10.7. The molecule has 0 unspecified atom stereocenters. The Balaban J connectivity index is 1.99. The number of hydrogen-bond donors (Lipinski definition) is 1. The molecule has 2 aromatic rings. The van der Waals surface area contributed by atoms with Crippen molar-refractivity contribution >= 4 is 33.3 Å². The van der Waals surface area contributed by atoms with E-state index in [2.05, 4.69) is 25.5 Å². The Morgan fingerprint density at radius 3 is 2.67 bits per heavy atom. The third kappa shape index (κ3) is 2.66. The lowest BCUT2D eigenvalue weighted by Crippen LogP contribution is -1.97. The van der Waals surface area contributed by atoms with Crippen LogP contribution in [0.15, 0.2) is 28.7 Å². The number of ether oxygens (including phenoxy) is 1. The summed E-state index contributed by atoms with van der Waals surface area (Å²) in [6.45, 7) is 0.408. The van der Waals surface area contributed by atoms with Crippen molar-refractivity contribution in [2.24, 2.45) is 0 Å². The summed E-state index contributed by atoms with van der Waals surface area (Å²) < 4.78 is 10.3. The molecule has 4 nitrogen and oxygen atoms in total. The summed E-state index contributed by atoms with van der Waals surface area (Å²) in [6, 6.07) is 7.61. The van der Waals surface area contributed by atoms with Crippen molar-refractivity contribution in [2.75, 3.05) is 5.73 Å². The second-order valence-electron chi connectivity index (χ2n) is 2.82. The Morgan fingerprint density at radius 1 is 1.33 bits per heavy atom. The zero-order valence-corrected chi connectivity index (χ0v) is 10.1. The Kier molecular flexibility index (Phi) is 3.17.